The molecule has 1 aromatic carbocycles. The molecule has 94 valence electrons. The van der Waals surface area contributed by atoms with Gasteiger partial charge in [-0.25, -0.2) is 4.98 Å². The molecule has 3 rings (SSSR count). The van der Waals surface area contributed by atoms with Crippen molar-refractivity contribution in [2.75, 3.05) is 18.4 Å². The van der Waals surface area contributed by atoms with Gasteiger partial charge in [-0.1, -0.05) is 19.1 Å². The van der Waals surface area contributed by atoms with Crippen molar-refractivity contribution < 1.29 is 4.79 Å². The predicted molar refractivity (Wildman–Crippen MR) is 70.2 cm³/mol. The molecule has 0 aliphatic carbocycles. The molecule has 1 amide bonds. The molecule has 0 saturated carbocycles. The van der Waals surface area contributed by atoms with Gasteiger partial charge in [-0.2, -0.15) is 0 Å². The number of nitrogens with zero attached hydrogens (tertiary/aromatic N) is 1. The number of H-pyrrole nitrogens is 1. The highest BCUT2D eigenvalue weighted by molar-refractivity contribution is 5.92. The summed E-state index contributed by atoms with van der Waals surface area (Å²) in [4.78, 5) is 19.5. The Kier molecular flexibility index (Phi) is 2.76. The number of anilines is 1. The molecule has 5 heteroatoms. The van der Waals surface area contributed by atoms with Crippen molar-refractivity contribution in [1.82, 2.24) is 15.3 Å². The van der Waals surface area contributed by atoms with Crippen LogP contribution in [0.1, 0.15) is 6.92 Å². The van der Waals surface area contributed by atoms with E-state index >= 15 is 0 Å². The van der Waals surface area contributed by atoms with Crippen molar-refractivity contribution in [3.8, 4) is 0 Å². The molecular weight excluding hydrogens is 228 g/mol. The Morgan fingerprint density at radius 3 is 2.89 bits per heavy atom. The van der Waals surface area contributed by atoms with Crippen molar-refractivity contribution in [1.29, 1.82) is 0 Å². The fourth-order valence-electron chi connectivity index (χ4n) is 2.12. The summed E-state index contributed by atoms with van der Waals surface area (Å²) in [6.07, 6.45) is 0. The quantitative estimate of drug-likeness (QED) is 0.763. The largest absolute Gasteiger partial charge is 0.324 e. The van der Waals surface area contributed by atoms with Crippen molar-refractivity contribution in [2.45, 2.75) is 6.92 Å². The zero-order valence-electron chi connectivity index (χ0n) is 10.2. The summed E-state index contributed by atoms with van der Waals surface area (Å²) in [5, 5.41) is 6.03. The molecule has 3 N–H and O–H groups in total. The average molecular weight is 244 g/mol. The second-order valence-electron chi connectivity index (χ2n) is 4.80. The number of aromatic amines is 1. The minimum Gasteiger partial charge on any atom is -0.324 e. The van der Waals surface area contributed by atoms with Crippen molar-refractivity contribution in [3.63, 3.8) is 0 Å². The highest BCUT2D eigenvalue weighted by Gasteiger charge is 2.29. The Morgan fingerprint density at radius 1 is 1.44 bits per heavy atom. The highest BCUT2D eigenvalue weighted by atomic mass is 16.2. The summed E-state index contributed by atoms with van der Waals surface area (Å²) >= 11 is 0. The van der Waals surface area contributed by atoms with Gasteiger partial charge in [-0.3, -0.25) is 10.1 Å². The number of carbonyl (C=O) groups is 1. The lowest BCUT2D eigenvalue weighted by Gasteiger charge is -2.31. The first kappa shape index (κ1) is 11.2. The van der Waals surface area contributed by atoms with Crippen LogP contribution in [0.2, 0.25) is 0 Å². The molecule has 1 aromatic heterocycles. The first-order valence-corrected chi connectivity index (χ1v) is 6.20. The van der Waals surface area contributed by atoms with Gasteiger partial charge in [0.15, 0.2) is 0 Å². The van der Waals surface area contributed by atoms with Crippen LogP contribution in [0, 0.1) is 11.8 Å². The van der Waals surface area contributed by atoms with Crippen LogP contribution in [0.15, 0.2) is 24.3 Å². The van der Waals surface area contributed by atoms with Crippen LogP contribution in [-0.2, 0) is 4.79 Å². The second kappa shape index (κ2) is 4.42. The molecule has 0 spiro atoms. The maximum absolute atomic E-state index is 12.0. The van der Waals surface area contributed by atoms with Gasteiger partial charge in [0.05, 0.1) is 11.0 Å². The predicted octanol–water partition coefficient (Wildman–Crippen LogP) is 1.36. The van der Waals surface area contributed by atoms with Crippen LogP contribution in [0.4, 0.5) is 5.95 Å². The number of rotatable bonds is 3. The molecule has 2 heterocycles. The third kappa shape index (κ3) is 1.97. The van der Waals surface area contributed by atoms with E-state index in [9.17, 15) is 4.79 Å². The zero-order chi connectivity index (χ0) is 12.5. The molecule has 2 aromatic rings. The van der Waals surface area contributed by atoms with E-state index in [1.165, 1.54) is 0 Å². The Hall–Kier alpha value is -1.88. The highest BCUT2D eigenvalue weighted by Crippen LogP contribution is 2.18. The molecule has 0 bridgehead atoms. The van der Waals surface area contributed by atoms with E-state index in [0.717, 1.165) is 24.1 Å². The lowest BCUT2D eigenvalue weighted by atomic mass is 9.88. The van der Waals surface area contributed by atoms with E-state index in [2.05, 4.69) is 20.6 Å². The second-order valence-corrected chi connectivity index (χ2v) is 4.80. The van der Waals surface area contributed by atoms with Gasteiger partial charge in [0.25, 0.3) is 0 Å². The molecular formula is C13H16N4O. The number of imidazole rings is 1. The molecule has 0 radical (unpaired) electrons. The van der Waals surface area contributed by atoms with Crippen LogP contribution >= 0.6 is 0 Å². The number of carbonyl (C=O) groups excluding carboxylic acids is 1. The van der Waals surface area contributed by atoms with E-state index in [1.54, 1.807) is 0 Å². The van der Waals surface area contributed by atoms with E-state index in [1.807, 2.05) is 31.2 Å². The van der Waals surface area contributed by atoms with Crippen LogP contribution < -0.4 is 10.6 Å². The Labute approximate surface area is 105 Å². The Morgan fingerprint density at radius 2 is 2.22 bits per heavy atom. The lowest BCUT2D eigenvalue weighted by Crippen LogP contribution is -2.48. The summed E-state index contributed by atoms with van der Waals surface area (Å²) in [7, 11) is 0. The fourth-order valence-corrected chi connectivity index (χ4v) is 2.12. The minimum absolute atomic E-state index is 0.0134. The zero-order valence-corrected chi connectivity index (χ0v) is 10.2. The topological polar surface area (TPSA) is 69.8 Å². The normalized spacial score (nSPS) is 17.4. The molecule has 5 nitrogen and oxygen atoms in total. The third-order valence-electron chi connectivity index (χ3n) is 3.56. The first-order chi connectivity index (χ1) is 8.74. The molecule has 1 atom stereocenters. The molecule has 1 aliphatic rings. The number of fused-ring (bicyclic) bond motifs is 1. The molecule has 1 saturated heterocycles. The third-order valence-corrected chi connectivity index (χ3v) is 3.56. The van der Waals surface area contributed by atoms with Gasteiger partial charge in [-0.05, 0) is 31.1 Å². The van der Waals surface area contributed by atoms with Gasteiger partial charge in [0.2, 0.25) is 11.9 Å². The van der Waals surface area contributed by atoms with Crippen LogP contribution in [0.3, 0.4) is 0 Å². The standard InChI is InChI=1S/C13H16N4O/c1-8(9-6-14-7-9)12(18)17-13-15-10-4-2-3-5-11(10)16-13/h2-5,8-9,14H,6-7H2,1H3,(H2,15,16,17,18). The smallest absolute Gasteiger partial charge is 0.229 e. The fraction of sp³-hybridized carbons (Fsp3) is 0.385. The van der Waals surface area contributed by atoms with E-state index in [-0.39, 0.29) is 11.8 Å². The van der Waals surface area contributed by atoms with Crippen molar-refractivity contribution in [2.24, 2.45) is 11.8 Å². The number of amides is 1. The average Bonchev–Trinajstić information content (AvgIpc) is 2.68. The number of para-hydroxylation sites is 2. The minimum atomic E-state index is 0.0134. The number of aromatic nitrogens is 2. The van der Waals surface area contributed by atoms with Crippen LogP contribution in [0.5, 0.6) is 0 Å². The first-order valence-electron chi connectivity index (χ1n) is 6.20. The van der Waals surface area contributed by atoms with E-state index < -0.39 is 0 Å². The van der Waals surface area contributed by atoms with Gasteiger partial charge < -0.3 is 10.3 Å². The van der Waals surface area contributed by atoms with Crippen LogP contribution in [-0.4, -0.2) is 29.0 Å². The van der Waals surface area contributed by atoms with Gasteiger partial charge >= 0.3 is 0 Å². The summed E-state index contributed by atoms with van der Waals surface area (Å²) in [6, 6.07) is 7.73. The maximum atomic E-state index is 12.0. The number of nitrogens with one attached hydrogen (secondary N) is 3. The molecule has 18 heavy (non-hydrogen) atoms. The number of hydrogen-bond donors (Lipinski definition) is 3. The Bertz CT molecular complexity index is 540. The Balaban J connectivity index is 1.73. The summed E-state index contributed by atoms with van der Waals surface area (Å²) in [5.41, 5.74) is 1.80. The van der Waals surface area contributed by atoms with Gasteiger partial charge in [0, 0.05) is 5.92 Å². The van der Waals surface area contributed by atoms with Crippen molar-refractivity contribution >= 4 is 22.9 Å². The van der Waals surface area contributed by atoms with Gasteiger partial charge in [-0.15, -0.1) is 0 Å². The van der Waals surface area contributed by atoms with Crippen LogP contribution in [0.25, 0.3) is 11.0 Å². The SMILES string of the molecule is CC(C(=O)Nc1nc2ccccc2[nH]1)C1CNC1. The number of hydrogen-bond acceptors (Lipinski definition) is 3. The monoisotopic (exact) mass is 244 g/mol. The maximum Gasteiger partial charge on any atom is 0.229 e. The van der Waals surface area contributed by atoms with E-state index in [4.69, 9.17) is 0 Å². The van der Waals surface area contributed by atoms with E-state index in [0.29, 0.717) is 11.9 Å². The summed E-state index contributed by atoms with van der Waals surface area (Å²) in [5.74, 6) is 1.01. The summed E-state index contributed by atoms with van der Waals surface area (Å²) < 4.78 is 0. The van der Waals surface area contributed by atoms with Gasteiger partial charge in [0.1, 0.15) is 0 Å². The molecule has 1 fully saturated rings. The molecule has 1 aliphatic heterocycles. The molecule has 1 unspecified atom stereocenters. The number of benzene rings is 1. The summed E-state index contributed by atoms with van der Waals surface area (Å²) in [6.45, 7) is 3.81. The lowest BCUT2D eigenvalue weighted by molar-refractivity contribution is -0.121. The van der Waals surface area contributed by atoms with Crippen molar-refractivity contribution in [3.05, 3.63) is 24.3 Å².